The van der Waals surface area contributed by atoms with E-state index in [1.807, 2.05) is 0 Å². The molecule has 1 heterocycles. The lowest BCUT2D eigenvalue weighted by molar-refractivity contribution is 0.215. The summed E-state index contributed by atoms with van der Waals surface area (Å²) in [6.07, 6.45) is 1.52. The van der Waals surface area contributed by atoms with Crippen LogP contribution in [0.2, 0.25) is 25.7 Å². The molecule has 0 saturated carbocycles. The average molecular weight is 313 g/mol. The number of epoxide rings is 1. The first-order valence-corrected chi connectivity index (χ1v) is 13.2. The quantitative estimate of drug-likeness (QED) is 0.467. The van der Waals surface area contributed by atoms with Crippen molar-refractivity contribution in [2.45, 2.75) is 45.1 Å². The summed E-state index contributed by atoms with van der Waals surface area (Å²) in [7, 11) is -0.630. The molecule has 0 spiro atoms. The molecule has 0 amide bonds. The summed E-state index contributed by atoms with van der Waals surface area (Å²) >= 11 is 0. The van der Waals surface area contributed by atoms with E-state index in [9.17, 15) is 0 Å². The van der Waals surface area contributed by atoms with Crippen LogP contribution in [0.1, 0.15) is 13.3 Å². The van der Waals surface area contributed by atoms with Gasteiger partial charge in [-0.05, 0) is 25.7 Å². The third-order valence-electron chi connectivity index (χ3n) is 2.58. The normalized spacial score (nSPS) is 22.1. The third-order valence-corrected chi connectivity index (χ3v) is 12.0. The van der Waals surface area contributed by atoms with Gasteiger partial charge in [0, 0.05) is 0 Å². The molecule has 2 atom stereocenters. The van der Waals surface area contributed by atoms with Gasteiger partial charge in [0.15, 0.2) is 9.04 Å². The second-order valence-corrected chi connectivity index (χ2v) is 13.3. The molecule has 0 aromatic rings. The Morgan fingerprint density at radius 1 is 1.41 bits per heavy atom. The zero-order valence-corrected chi connectivity index (χ0v) is 18.3. The first kappa shape index (κ1) is 17.7. The maximum Gasteiger partial charge on any atom is 0.324 e. The third kappa shape index (κ3) is 10.3. The molecule has 0 radical (unpaired) electrons. The highest BCUT2D eigenvalue weighted by Gasteiger charge is 2.32. The van der Waals surface area contributed by atoms with Crippen LogP contribution in [0, 0.1) is 0 Å². The summed E-state index contributed by atoms with van der Waals surface area (Å²) in [5.74, 6) is 0. The van der Waals surface area contributed by atoms with Crippen LogP contribution < -0.4 is 0 Å². The monoisotopic (exact) mass is 312 g/mol. The molecule has 0 aromatic carbocycles. The molecule has 8 heteroatoms. The van der Waals surface area contributed by atoms with E-state index >= 15 is 0 Å². The number of hydrogen-bond donors (Lipinski definition) is 0. The van der Waals surface area contributed by atoms with Gasteiger partial charge in [-0.1, -0.05) is 13.3 Å². The van der Waals surface area contributed by atoms with Crippen LogP contribution in [-0.4, -0.2) is 57.9 Å². The largest absolute Gasteiger partial charge is 0.466 e. The van der Waals surface area contributed by atoms with Crippen molar-refractivity contribution in [1.82, 2.24) is 0 Å². The predicted molar refractivity (Wildman–Crippen MR) is 83.3 cm³/mol. The van der Waals surface area contributed by atoms with Crippen LogP contribution >= 0.6 is 0 Å². The van der Waals surface area contributed by atoms with E-state index in [0.29, 0.717) is 6.10 Å². The summed E-state index contributed by atoms with van der Waals surface area (Å²) in [6, 6.07) is 1.10. The molecule has 17 heavy (non-hydrogen) atoms. The van der Waals surface area contributed by atoms with Gasteiger partial charge in [-0.2, -0.15) is 0 Å². The molecular weight excluding hydrogens is 284 g/mol. The smallest absolute Gasteiger partial charge is 0.324 e. The molecule has 1 aliphatic rings. The van der Waals surface area contributed by atoms with Gasteiger partial charge in [0.25, 0.3) is 0 Å². The van der Waals surface area contributed by atoms with Gasteiger partial charge in [-0.3, -0.25) is 0 Å². The Labute approximate surface area is 114 Å². The summed E-state index contributed by atoms with van der Waals surface area (Å²) in [5, 5.41) is 0. The highest BCUT2D eigenvalue weighted by molar-refractivity contribution is 6.68. The lowest BCUT2D eigenvalue weighted by Crippen LogP contribution is -2.38. The highest BCUT2D eigenvalue weighted by atomic mass is 28.4. The molecule has 104 valence electrons. The zero-order chi connectivity index (χ0) is 13.3. The van der Waals surface area contributed by atoms with Gasteiger partial charge < -0.3 is 17.4 Å². The summed E-state index contributed by atoms with van der Waals surface area (Å²) in [6.45, 7) is 10.3. The Balaban J connectivity index is 0.000000437. The fraction of sp³-hybridized carbons (Fsp3) is 1.00. The fourth-order valence-electron chi connectivity index (χ4n) is 1.12. The van der Waals surface area contributed by atoms with Crippen LogP contribution in [0.3, 0.4) is 0 Å². The summed E-state index contributed by atoms with van der Waals surface area (Å²) < 4.78 is 21.4. The van der Waals surface area contributed by atoms with E-state index in [2.05, 4.69) is 26.6 Å². The van der Waals surface area contributed by atoms with E-state index in [0.717, 1.165) is 46.7 Å². The zero-order valence-electron chi connectivity index (χ0n) is 12.1. The molecular formula is C9H28O4Si4. The molecule has 1 aliphatic heterocycles. The molecule has 2 unspecified atom stereocenters. The van der Waals surface area contributed by atoms with Crippen LogP contribution in [0.15, 0.2) is 0 Å². The Morgan fingerprint density at radius 3 is 2.24 bits per heavy atom. The minimum absolute atomic E-state index is 0.366. The van der Waals surface area contributed by atoms with Crippen LogP contribution in [0.4, 0.5) is 0 Å². The van der Waals surface area contributed by atoms with Crippen molar-refractivity contribution in [2.24, 2.45) is 0 Å². The fourth-order valence-corrected chi connectivity index (χ4v) is 4.00. The van der Waals surface area contributed by atoms with Crippen molar-refractivity contribution in [3.8, 4) is 0 Å². The van der Waals surface area contributed by atoms with Gasteiger partial charge in [0.1, 0.15) is 27.1 Å². The molecule has 1 saturated heterocycles. The standard InChI is InChI=1S/C7H18O3Si2.C2H10OSi2/c1-3-4-12(2,10-11)9-6-7-5-8-7;1-5(2)3-4/h7H,3-6H2,1-2,11H3;5H,1-2,4H3. The van der Waals surface area contributed by atoms with E-state index in [4.69, 9.17) is 17.4 Å². The lowest BCUT2D eigenvalue weighted by atomic mass is 10.5. The van der Waals surface area contributed by atoms with Crippen molar-refractivity contribution in [3.63, 3.8) is 0 Å². The lowest BCUT2D eigenvalue weighted by Gasteiger charge is -2.24. The summed E-state index contributed by atoms with van der Waals surface area (Å²) in [4.78, 5) is 0. The molecule has 1 rings (SSSR count). The van der Waals surface area contributed by atoms with Gasteiger partial charge in [0.05, 0.1) is 13.2 Å². The van der Waals surface area contributed by atoms with Crippen molar-refractivity contribution < 1.29 is 17.4 Å². The second kappa shape index (κ2) is 9.61. The van der Waals surface area contributed by atoms with Crippen LogP contribution in [0.5, 0.6) is 0 Å². The maximum absolute atomic E-state index is 5.77. The number of hydrogen-bond acceptors (Lipinski definition) is 4. The minimum atomic E-state index is -1.76. The topological polar surface area (TPSA) is 40.2 Å². The van der Waals surface area contributed by atoms with Gasteiger partial charge in [-0.15, -0.1) is 0 Å². The van der Waals surface area contributed by atoms with Crippen molar-refractivity contribution >= 4 is 38.6 Å². The molecule has 0 aromatic heterocycles. The highest BCUT2D eigenvalue weighted by Crippen LogP contribution is 2.17. The van der Waals surface area contributed by atoms with Gasteiger partial charge in [0.2, 0.25) is 0 Å². The van der Waals surface area contributed by atoms with Crippen molar-refractivity contribution in [2.75, 3.05) is 13.2 Å². The Morgan fingerprint density at radius 2 is 1.94 bits per heavy atom. The van der Waals surface area contributed by atoms with Gasteiger partial charge >= 0.3 is 8.56 Å². The van der Waals surface area contributed by atoms with E-state index in [1.165, 1.54) is 0 Å². The SMILES string of the molecule is CCC[Si](C)(O[SiH3])OCC1CO1.C[SiH](C)O[SiH3]. The number of ether oxygens (including phenoxy) is 1. The van der Waals surface area contributed by atoms with Crippen LogP contribution in [0.25, 0.3) is 0 Å². The predicted octanol–water partition coefficient (Wildman–Crippen LogP) is -0.552. The number of rotatable bonds is 7. The molecule has 1 fully saturated rings. The molecule has 0 bridgehead atoms. The van der Waals surface area contributed by atoms with Crippen molar-refractivity contribution in [3.05, 3.63) is 0 Å². The van der Waals surface area contributed by atoms with E-state index in [-0.39, 0.29) is 0 Å². The summed E-state index contributed by atoms with van der Waals surface area (Å²) in [5.41, 5.74) is 0. The van der Waals surface area contributed by atoms with Crippen molar-refractivity contribution in [1.29, 1.82) is 0 Å². The molecule has 0 N–H and O–H groups in total. The van der Waals surface area contributed by atoms with Crippen LogP contribution in [-0.2, 0) is 17.4 Å². The second-order valence-electron chi connectivity index (χ2n) is 4.64. The maximum atomic E-state index is 5.77. The Kier molecular flexibility index (Phi) is 10.0. The Hall–Kier alpha value is 0.708. The molecule has 0 aliphatic carbocycles. The first-order chi connectivity index (χ1) is 7.97. The van der Waals surface area contributed by atoms with Gasteiger partial charge in [-0.25, -0.2) is 0 Å². The van der Waals surface area contributed by atoms with E-state index < -0.39 is 17.6 Å². The minimum Gasteiger partial charge on any atom is -0.466 e. The average Bonchev–Trinajstić information content (AvgIpc) is 3.11. The molecule has 4 nitrogen and oxygen atoms in total. The first-order valence-electron chi connectivity index (χ1n) is 6.31. The van der Waals surface area contributed by atoms with E-state index in [1.54, 1.807) is 0 Å². The Bertz CT molecular complexity index is 192.